The Bertz CT molecular complexity index is 1100. The number of para-hydroxylation sites is 1. The summed E-state index contributed by atoms with van der Waals surface area (Å²) in [5.41, 5.74) is 2.43. The van der Waals surface area contributed by atoms with Crippen LogP contribution in [0.4, 0.5) is 5.69 Å². The van der Waals surface area contributed by atoms with Gasteiger partial charge in [-0.1, -0.05) is 12.1 Å². The van der Waals surface area contributed by atoms with Crippen LogP contribution in [0, 0.1) is 0 Å². The third kappa shape index (κ3) is 3.18. The fourth-order valence-corrected chi connectivity index (χ4v) is 2.72. The number of carbonyl (C=O) groups is 1. The molecule has 2 aromatic heterocycles. The van der Waals surface area contributed by atoms with E-state index in [4.69, 9.17) is 9.15 Å². The predicted octanol–water partition coefficient (Wildman–Crippen LogP) is 3.86. The van der Waals surface area contributed by atoms with Crippen LogP contribution in [0.2, 0.25) is 0 Å². The number of benzene rings is 2. The maximum atomic E-state index is 12.5. The second kappa shape index (κ2) is 6.80. The van der Waals surface area contributed by atoms with Gasteiger partial charge < -0.3 is 19.6 Å². The smallest absolute Gasteiger partial charge is 0.259 e. The molecule has 4 aromatic rings. The minimum Gasteiger partial charge on any atom is -0.507 e. The van der Waals surface area contributed by atoms with Crippen LogP contribution < -0.4 is 10.1 Å². The lowest BCUT2D eigenvalue weighted by atomic mass is 10.1. The molecule has 0 radical (unpaired) electrons. The highest BCUT2D eigenvalue weighted by Crippen LogP contribution is 2.33. The van der Waals surface area contributed by atoms with Gasteiger partial charge in [0.2, 0.25) is 5.89 Å². The molecule has 2 N–H and O–H groups in total. The van der Waals surface area contributed by atoms with Crippen LogP contribution in [-0.2, 0) is 0 Å². The normalized spacial score (nSPS) is 10.7. The number of pyridine rings is 1. The van der Waals surface area contributed by atoms with Crippen LogP contribution in [0.5, 0.6) is 11.5 Å². The van der Waals surface area contributed by atoms with Crippen LogP contribution >= 0.6 is 0 Å². The van der Waals surface area contributed by atoms with Gasteiger partial charge in [-0.2, -0.15) is 0 Å². The maximum absolute atomic E-state index is 12.5. The van der Waals surface area contributed by atoms with Gasteiger partial charge in [0.25, 0.3) is 5.91 Å². The zero-order valence-electron chi connectivity index (χ0n) is 14.3. The van der Waals surface area contributed by atoms with Crippen molar-refractivity contribution in [2.45, 2.75) is 0 Å². The molecule has 0 saturated heterocycles. The van der Waals surface area contributed by atoms with Crippen molar-refractivity contribution in [2.75, 3.05) is 12.4 Å². The van der Waals surface area contributed by atoms with Crippen molar-refractivity contribution in [3.63, 3.8) is 0 Å². The van der Waals surface area contributed by atoms with E-state index in [1.54, 1.807) is 54.9 Å². The average Bonchev–Trinajstić information content (AvgIpc) is 3.11. The van der Waals surface area contributed by atoms with Gasteiger partial charge in [-0.05, 0) is 24.3 Å². The molecule has 134 valence electrons. The van der Waals surface area contributed by atoms with Crippen molar-refractivity contribution in [2.24, 2.45) is 0 Å². The van der Waals surface area contributed by atoms with Gasteiger partial charge in [0.15, 0.2) is 5.58 Å². The highest BCUT2D eigenvalue weighted by Gasteiger charge is 2.15. The van der Waals surface area contributed by atoms with Gasteiger partial charge in [0.05, 0.1) is 24.4 Å². The van der Waals surface area contributed by atoms with Crippen LogP contribution in [0.15, 0.2) is 65.3 Å². The molecule has 4 rings (SSSR count). The molecule has 0 aliphatic carbocycles. The lowest BCUT2D eigenvalue weighted by Crippen LogP contribution is -2.13. The number of carbonyl (C=O) groups excluding carboxylic acids is 1. The number of aromatic hydroxyl groups is 1. The van der Waals surface area contributed by atoms with E-state index < -0.39 is 0 Å². The van der Waals surface area contributed by atoms with Crippen LogP contribution in [0.1, 0.15) is 10.4 Å². The van der Waals surface area contributed by atoms with Gasteiger partial charge in [0, 0.05) is 24.0 Å². The number of phenols is 1. The SMILES string of the molecule is COc1ccccc1C(=O)Nc1ccc(-c2nc3cnccc3o2)c(O)c1. The summed E-state index contributed by atoms with van der Waals surface area (Å²) < 4.78 is 10.8. The van der Waals surface area contributed by atoms with E-state index in [0.717, 1.165) is 0 Å². The number of hydrogen-bond acceptors (Lipinski definition) is 6. The number of rotatable bonds is 4. The highest BCUT2D eigenvalue weighted by molar-refractivity contribution is 6.06. The number of nitrogens with zero attached hydrogens (tertiary/aromatic N) is 2. The van der Waals surface area contributed by atoms with Gasteiger partial charge >= 0.3 is 0 Å². The highest BCUT2D eigenvalue weighted by atomic mass is 16.5. The molecule has 2 heterocycles. The van der Waals surface area contributed by atoms with Crippen molar-refractivity contribution in [3.8, 4) is 23.0 Å². The summed E-state index contributed by atoms with van der Waals surface area (Å²) in [6, 6.07) is 13.3. The monoisotopic (exact) mass is 361 g/mol. The summed E-state index contributed by atoms with van der Waals surface area (Å²) in [7, 11) is 1.50. The molecule has 2 aromatic carbocycles. The van der Waals surface area contributed by atoms with Crippen molar-refractivity contribution >= 4 is 22.7 Å². The number of oxazole rings is 1. The molecule has 0 spiro atoms. The Kier molecular flexibility index (Phi) is 4.18. The number of aromatic nitrogens is 2. The molecule has 0 atom stereocenters. The molecule has 0 aliphatic rings. The standard InChI is InChI=1S/C20H15N3O4/c1-26-17-5-3-2-4-14(17)19(25)22-12-6-7-13(16(24)10-12)20-23-15-11-21-9-8-18(15)27-20/h2-11,24H,1H3,(H,22,25). The van der Waals surface area contributed by atoms with E-state index >= 15 is 0 Å². The first-order chi connectivity index (χ1) is 13.2. The number of methoxy groups -OCH3 is 1. The molecule has 0 aliphatic heterocycles. The van der Waals surface area contributed by atoms with Crippen molar-refractivity contribution in [1.29, 1.82) is 0 Å². The number of ether oxygens (including phenoxy) is 1. The summed E-state index contributed by atoms with van der Waals surface area (Å²) >= 11 is 0. The van der Waals surface area contributed by atoms with E-state index in [0.29, 0.717) is 33.7 Å². The fourth-order valence-electron chi connectivity index (χ4n) is 2.72. The first kappa shape index (κ1) is 16.6. The van der Waals surface area contributed by atoms with Gasteiger partial charge in [-0.15, -0.1) is 0 Å². The third-order valence-corrected chi connectivity index (χ3v) is 4.03. The minimum atomic E-state index is -0.340. The predicted molar refractivity (Wildman–Crippen MR) is 99.9 cm³/mol. The van der Waals surface area contributed by atoms with Crippen molar-refractivity contribution in [1.82, 2.24) is 9.97 Å². The van der Waals surface area contributed by atoms with E-state index in [1.807, 2.05) is 0 Å². The largest absolute Gasteiger partial charge is 0.507 e. The third-order valence-electron chi connectivity index (χ3n) is 4.03. The topological polar surface area (TPSA) is 97.5 Å². The molecular weight excluding hydrogens is 346 g/mol. The first-order valence-corrected chi connectivity index (χ1v) is 8.14. The Morgan fingerprint density at radius 3 is 2.81 bits per heavy atom. The second-order valence-electron chi connectivity index (χ2n) is 5.75. The molecule has 27 heavy (non-hydrogen) atoms. The summed E-state index contributed by atoms with van der Waals surface area (Å²) in [6.07, 6.45) is 3.19. The summed E-state index contributed by atoms with van der Waals surface area (Å²) in [5, 5.41) is 13.1. The number of anilines is 1. The Morgan fingerprint density at radius 1 is 1.19 bits per heavy atom. The summed E-state index contributed by atoms with van der Waals surface area (Å²) in [5.74, 6) is 0.342. The van der Waals surface area contributed by atoms with Crippen molar-refractivity contribution in [3.05, 3.63) is 66.5 Å². The molecule has 1 amide bonds. The zero-order chi connectivity index (χ0) is 18.8. The Balaban J connectivity index is 1.61. The van der Waals surface area contributed by atoms with Crippen LogP contribution in [0.25, 0.3) is 22.6 Å². The van der Waals surface area contributed by atoms with Crippen LogP contribution in [0.3, 0.4) is 0 Å². The summed E-state index contributed by atoms with van der Waals surface area (Å²) in [6.45, 7) is 0. The van der Waals surface area contributed by atoms with E-state index in [9.17, 15) is 9.90 Å². The maximum Gasteiger partial charge on any atom is 0.259 e. The van der Waals surface area contributed by atoms with Crippen molar-refractivity contribution < 1.29 is 19.1 Å². The minimum absolute atomic E-state index is 0.0626. The lowest BCUT2D eigenvalue weighted by molar-refractivity contribution is 0.102. The van der Waals surface area contributed by atoms with E-state index in [1.165, 1.54) is 13.2 Å². The Hall–Kier alpha value is -3.87. The molecular formula is C20H15N3O4. The molecule has 0 fully saturated rings. The number of phenolic OH excluding ortho intramolecular Hbond substituents is 1. The number of hydrogen-bond donors (Lipinski definition) is 2. The lowest BCUT2D eigenvalue weighted by Gasteiger charge is -2.10. The molecule has 7 heteroatoms. The molecule has 0 bridgehead atoms. The molecule has 7 nitrogen and oxygen atoms in total. The Morgan fingerprint density at radius 2 is 2.04 bits per heavy atom. The second-order valence-corrected chi connectivity index (χ2v) is 5.75. The molecule has 0 unspecified atom stereocenters. The van der Waals surface area contributed by atoms with E-state index in [-0.39, 0.29) is 17.5 Å². The van der Waals surface area contributed by atoms with Crippen LogP contribution in [-0.4, -0.2) is 28.1 Å². The average molecular weight is 361 g/mol. The number of fused-ring (bicyclic) bond motifs is 1. The van der Waals surface area contributed by atoms with Gasteiger partial charge in [0.1, 0.15) is 17.0 Å². The van der Waals surface area contributed by atoms with Gasteiger partial charge in [-0.3, -0.25) is 9.78 Å². The van der Waals surface area contributed by atoms with E-state index in [2.05, 4.69) is 15.3 Å². The van der Waals surface area contributed by atoms with Gasteiger partial charge in [-0.25, -0.2) is 4.98 Å². The zero-order valence-corrected chi connectivity index (χ0v) is 14.3. The Labute approximate surface area is 154 Å². The first-order valence-electron chi connectivity index (χ1n) is 8.14. The quantitative estimate of drug-likeness (QED) is 0.573. The number of nitrogens with one attached hydrogen (secondary N) is 1. The number of amides is 1. The molecule has 0 saturated carbocycles. The fraction of sp³-hybridized carbons (Fsp3) is 0.0500. The summed E-state index contributed by atoms with van der Waals surface area (Å²) in [4.78, 5) is 20.8.